The van der Waals surface area contributed by atoms with Gasteiger partial charge in [-0.3, -0.25) is 0 Å². The first kappa shape index (κ1) is 16.6. The molecule has 0 bridgehead atoms. The number of amides is 2. The van der Waals surface area contributed by atoms with Crippen molar-refractivity contribution < 1.29 is 9.18 Å². The van der Waals surface area contributed by atoms with Crippen molar-refractivity contribution in [2.45, 2.75) is 38.3 Å². The van der Waals surface area contributed by atoms with E-state index in [1.54, 1.807) is 12.1 Å². The summed E-state index contributed by atoms with van der Waals surface area (Å²) in [6.07, 6.45) is 6.58. The first-order chi connectivity index (χ1) is 11.6. The summed E-state index contributed by atoms with van der Waals surface area (Å²) in [7, 11) is 0. The van der Waals surface area contributed by atoms with Gasteiger partial charge in [-0.1, -0.05) is 18.2 Å². The molecule has 24 heavy (non-hydrogen) atoms. The maximum atomic E-state index is 13.7. The predicted molar refractivity (Wildman–Crippen MR) is 92.4 cm³/mol. The van der Waals surface area contributed by atoms with E-state index in [9.17, 15) is 9.18 Å². The van der Waals surface area contributed by atoms with Gasteiger partial charge in [0, 0.05) is 37.6 Å². The molecule has 1 atom stereocenters. The van der Waals surface area contributed by atoms with Crippen molar-refractivity contribution in [3.63, 3.8) is 0 Å². The van der Waals surface area contributed by atoms with Crippen molar-refractivity contribution in [3.05, 3.63) is 60.2 Å². The van der Waals surface area contributed by atoms with Crippen LogP contribution in [0.15, 0.2) is 48.8 Å². The number of hydrogen-bond donors (Lipinski definition) is 1. The smallest absolute Gasteiger partial charge is 0.317 e. The number of piperidine rings is 1. The zero-order valence-electron chi connectivity index (χ0n) is 14.0. The SMILES string of the molecule is CC(Cc1ccccc1F)NC(=O)N1CCC(n2cccc2)CC1. The topological polar surface area (TPSA) is 37.3 Å². The lowest BCUT2D eigenvalue weighted by molar-refractivity contribution is 0.169. The van der Waals surface area contributed by atoms with Crippen LogP contribution in [0, 0.1) is 5.82 Å². The number of aromatic nitrogens is 1. The van der Waals surface area contributed by atoms with Crippen LogP contribution in [-0.4, -0.2) is 34.6 Å². The summed E-state index contributed by atoms with van der Waals surface area (Å²) < 4.78 is 15.9. The van der Waals surface area contributed by atoms with E-state index in [1.807, 2.05) is 30.0 Å². The number of benzene rings is 1. The summed E-state index contributed by atoms with van der Waals surface area (Å²) in [6, 6.07) is 11.1. The van der Waals surface area contributed by atoms with Crippen LogP contribution in [-0.2, 0) is 6.42 Å². The third-order valence-electron chi connectivity index (χ3n) is 4.65. The van der Waals surface area contributed by atoms with Gasteiger partial charge in [-0.25, -0.2) is 9.18 Å². The Morgan fingerprint density at radius 1 is 1.21 bits per heavy atom. The van der Waals surface area contributed by atoms with Gasteiger partial charge in [0.1, 0.15) is 5.82 Å². The standard InChI is InChI=1S/C19H24FN3O/c1-15(14-16-6-2-3-7-18(16)20)21-19(24)23-12-8-17(9-13-23)22-10-4-5-11-22/h2-7,10-11,15,17H,8-9,12-14H2,1H3,(H,21,24). The minimum Gasteiger partial charge on any atom is -0.351 e. The Morgan fingerprint density at radius 3 is 2.54 bits per heavy atom. The number of halogens is 1. The molecule has 0 aliphatic carbocycles. The van der Waals surface area contributed by atoms with E-state index in [-0.39, 0.29) is 17.9 Å². The fourth-order valence-corrected chi connectivity index (χ4v) is 3.31. The number of carbonyl (C=O) groups excluding carboxylic acids is 1. The quantitative estimate of drug-likeness (QED) is 0.914. The maximum Gasteiger partial charge on any atom is 0.317 e. The summed E-state index contributed by atoms with van der Waals surface area (Å²) >= 11 is 0. The lowest BCUT2D eigenvalue weighted by Crippen LogP contribution is -2.47. The highest BCUT2D eigenvalue weighted by atomic mass is 19.1. The highest BCUT2D eigenvalue weighted by molar-refractivity contribution is 5.74. The molecule has 1 unspecified atom stereocenters. The van der Waals surface area contributed by atoms with Gasteiger partial charge >= 0.3 is 6.03 Å². The van der Waals surface area contributed by atoms with Gasteiger partial charge in [-0.2, -0.15) is 0 Å². The lowest BCUT2D eigenvalue weighted by Gasteiger charge is -2.33. The highest BCUT2D eigenvalue weighted by Gasteiger charge is 2.24. The van der Waals surface area contributed by atoms with Crippen molar-refractivity contribution >= 4 is 6.03 Å². The Morgan fingerprint density at radius 2 is 1.88 bits per heavy atom. The van der Waals surface area contributed by atoms with E-state index < -0.39 is 0 Å². The number of nitrogens with zero attached hydrogens (tertiary/aromatic N) is 2. The maximum absolute atomic E-state index is 13.7. The number of likely N-dealkylation sites (tertiary alicyclic amines) is 1. The second-order valence-corrected chi connectivity index (χ2v) is 6.49. The molecule has 2 amide bonds. The number of carbonyl (C=O) groups is 1. The van der Waals surface area contributed by atoms with Gasteiger partial charge in [0.05, 0.1) is 0 Å². The van der Waals surface area contributed by atoms with Gasteiger partial charge in [0.15, 0.2) is 0 Å². The minimum atomic E-state index is -0.217. The first-order valence-electron chi connectivity index (χ1n) is 8.55. The van der Waals surface area contributed by atoms with Crippen molar-refractivity contribution in [2.24, 2.45) is 0 Å². The Kier molecular flexibility index (Phi) is 5.18. The fourth-order valence-electron chi connectivity index (χ4n) is 3.31. The van der Waals surface area contributed by atoms with Gasteiger partial charge in [0.2, 0.25) is 0 Å². The molecule has 2 heterocycles. The number of rotatable bonds is 4. The molecule has 0 radical (unpaired) electrons. The summed E-state index contributed by atoms with van der Waals surface area (Å²) in [6.45, 7) is 3.42. The van der Waals surface area contributed by atoms with E-state index in [0.717, 1.165) is 25.9 Å². The zero-order valence-corrected chi connectivity index (χ0v) is 14.0. The molecule has 3 rings (SSSR count). The van der Waals surface area contributed by atoms with Crippen LogP contribution in [0.2, 0.25) is 0 Å². The molecule has 128 valence electrons. The molecular formula is C19H24FN3O. The Labute approximate surface area is 142 Å². The van der Waals surface area contributed by atoms with Crippen LogP contribution < -0.4 is 5.32 Å². The third kappa shape index (κ3) is 3.96. The molecule has 5 heteroatoms. The van der Waals surface area contributed by atoms with Crippen molar-refractivity contribution in [2.75, 3.05) is 13.1 Å². The molecule has 1 aromatic carbocycles. The van der Waals surface area contributed by atoms with Crippen LogP contribution in [0.25, 0.3) is 0 Å². The van der Waals surface area contributed by atoms with E-state index in [1.165, 1.54) is 6.07 Å². The largest absolute Gasteiger partial charge is 0.351 e. The zero-order chi connectivity index (χ0) is 16.9. The summed E-state index contributed by atoms with van der Waals surface area (Å²) in [4.78, 5) is 14.3. The summed E-state index contributed by atoms with van der Waals surface area (Å²) in [5.41, 5.74) is 0.636. The summed E-state index contributed by atoms with van der Waals surface area (Å²) in [5, 5.41) is 2.99. The molecular weight excluding hydrogens is 305 g/mol. The molecule has 2 aromatic rings. The van der Waals surface area contributed by atoms with E-state index >= 15 is 0 Å². The summed E-state index contributed by atoms with van der Waals surface area (Å²) in [5.74, 6) is -0.217. The molecule has 0 saturated carbocycles. The Balaban J connectivity index is 1.48. The minimum absolute atomic E-state index is 0.0511. The highest BCUT2D eigenvalue weighted by Crippen LogP contribution is 2.22. The van der Waals surface area contributed by atoms with Crippen molar-refractivity contribution in [1.29, 1.82) is 0 Å². The van der Waals surface area contributed by atoms with Crippen LogP contribution in [0.5, 0.6) is 0 Å². The average molecular weight is 329 g/mol. The Hall–Kier alpha value is -2.30. The van der Waals surface area contributed by atoms with Gasteiger partial charge in [0.25, 0.3) is 0 Å². The van der Waals surface area contributed by atoms with Crippen molar-refractivity contribution in [3.8, 4) is 0 Å². The molecule has 1 fully saturated rings. The molecule has 1 aromatic heterocycles. The van der Waals surface area contributed by atoms with Crippen LogP contribution in [0.4, 0.5) is 9.18 Å². The molecule has 1 aliphatic heterocycles. The average Bonchev–Trinajstić information content (AvgIpc) is 3.11. The van der Waals surface area contributed by atoms with Gasteiger partial charge in [-0.05, 0) is 49.9 Å². The van der Waals surface area contributed by atoms with Crippen molar-refractivity contribution in [1.82, 2.24) is 14.8 Å². The first-order valence-corrected chi connectivity index (χ1v) is 8.55. The van der Waals surface area contributed by atoms with E-state index in [0.29, 0.717) is 18.0 Å². The third-order valence-corrected chi connectivity index (χ3v) is 4.65. The van der Waals surface area contributed by atoms with Gasteiger partial charge in [-0.15, -0.1) is 0 Å². The number of hydrogen-bond acceptors (Lipinski definition) is 1. The predicted octanol–water partition coefficient (Wildman–Crippen LogP) is 3.60. The van der Waals surface area contributed by atoms with Crippen LogP contribution in [0.1, 0.15) is 31.4 Å². The van der Waals surface area contributed by atoms with E-state index in [4.69, 9.17) is 0 Å². The number of urea groups is 1. The van der Waals surface area contributed by atoms with Gasteiger partial charge < -0.3 is 14.8 Å². The van der Waals surface area contributed by atoms with Crippen LogP contribution in [0.3, 0.4) is 0 Å². The fraction of sp³-hybridized carbons (Fsp3) is 0.421. The normalized spacial score (nSPS) is 16.8. The second kappa shape index (κ2) is 7.51. The lowest BCUT2D eigenvalue weighted by atomic mass is 10.0. The van der Waals surface area contributed by atoms with E-state index in [2.05, 4.69) is 22.3 Å². The number of nitrogens with one attached hydrogen (secondary N) is 1. The molecule has 1 saturated heterocycles. The second-order valence-electron chi connectivity index (χ2n) is 6.49. The monoisotopic (exact) mass is 329 g/mol. The Bertz CT molecular complexity index is 663. The molecule has 0 spiro atoms. The molecule has 1 N–H and O–H groups in total. The molecule has 1 aliphatic rings. The van der Waals surface area contributed by atoms with Crippen LogP contribution >= 0.6 is 0 Å². The molecule has 4 nitrogen and oxygen atoms in total.